The molecule has 1 nitrogen and oxygen atoms in total. The Morgan fingerprint density at radius 1 is 1.54 bits per heavy atom. The highest BCUT2D eigenvalue weighted by Crippen LogP contribution is 2.34. The maximum atomic E-state index is 6.02. The van der Waals surface area contributed by atoms with E-state index >= 15 is 0 Å². The van der Waals surface area contributed by atoms with E-state index in [1.807, 2.05) is 11.3 Å². The van der Waals surface area contributed by atoms with Crippen LogP contribution in [-0.2, 0) is 6.42 Å². The van der Waals surface area contributed by atoms with Crippen LogP contribution in [0.4, 0.5) is 0 Å². The van der Waals surface area contributed by atoms with E-state index in [1.165, 1.54) is 31.2 Å². The van der Waals surface area contributed by atoms with Gasteiger partial charge in [0.2, 0.25) is 0 Å². The van der Waals surface area contributed by atoms with Crippen molar-refractivity contribution in [2.75, 3.05) is 0 Å². The van der Waals surface area contributed by atoms with Gasteiger partial charge in [-0.15, -0.1) is 11.3 Å². The lowest BCUT2D eigenvalue weighted by Gasteiger charge is -2.18. The number of rotatable bonds is 1. The zero-order chi connectivity index (χ0) is 9.26. The van der Waals surface area contributed by atoms with Gasteiger partial charge in [0, 0.05) is 10.9 Å². The largest absolute Gasteiger partial charge is 0.327 e. The van der Waals surface area contributed by atoms with E-state index in [2.05, 4.69) is 18.4 Å². The second-order valence-electron chi connectivity index (χ2n) is 4.01. The predicted molar refractivity (Wildman–Crippen MR) is 58.3 cm³/mol. The first-order valence-corrected chi connectivity index (χ1v) is 5.99. The van der Waals surface area contributed by atoms with Crippen LogP contribution in [0.15, 0.2) is 11.4 Å². The quantitative estimate of drug-likeness (QED) is 0.685. The lowest BCUT2D eigenvalue weighted by Crippen LogP contribution is -2.24. The highest BCUT2D eigenvalue weighted by molar-refractivity contribution is 7.10. The fourth-order valence-corrected chi connectivity index (χ4v) is 3.23. The van der Waals surface area contributed by atoms with Gasteiger partial charge in [0.1, 0.15) is 0 Å². The third-order valence-corrected chi connectivity index (χ3v) is 3.98. The Morgan fingerprint density at radius 2 is 2.38 bits per heavy atom. The molecule has 1 aromatic rings. The van der Waals surface area contributed by atoms with E-state index in [1.54, 1.807) is 4.88 Å². The smallest absolute Gasteiger partial charge is 0.00806 e. The topological polar surface area (TPSA) is 26.0 Å². The van der Waals surface area contributed by atoms with Gasteiger partial charge >= 0.3 is 0 Å². The highest BCUT2D eigenvalue weighted by atomic mass is 32.1. The molecule has 0 bridgehead atoms. The van der Waals surface area contributed by atoms with Crippen LogP contribution in [0.2, 0.25) is 0 Å². The number of thiophene rings is 1. The van der Waals surface area contributed by atoms with Gasteiger partial charge in [-0.3, -0.25) is 0 Å². The molecular weight excluding hydrogens is 178 g/mol. The molecule has 0 saturated heterocycles. The SMILES string of the molecule is C[C@@H](N)[C@H]1CCCCc2sccc21. The molecule has 72 valence electrons. The standard InChI is InChI=1S/C11H17NS/c1-8(12)9-4-2-3-5-11-10(9)6-7-13-11/h6-9H,2-5,12H2,1H3/t8-,9-/m1/s1. The predicted octanol–water partition coefficient (Wildman–Crippen LogP) is 2.91. The Hall–Kier alpha value is -0.340. The van der Waals surface area contributed by atoms with E-state index in [0.717, 1.165) is 0 Å². The fourth-order valence-electron chi connectivity index (χ4n) is 2.24. The molecule has 1 aliphatic carbocycles. The first kappa shape index (κ1) is 9.22. The van der Waals surface area contributed by atoms with E-state index in [4.69, 9.17) is 5.73 Å². The Bertz CT molecular complexity index is 277. The molecule has 2 heteroatoms. The van der Waals surface area contributed by atoms with E-state index < -0.39 is 0 Å². The van der Waals surface area contributed by atoms with E-state index in [9.17, 15) is 0 Å². The summed E-state index contributed by atoms with van der Waals surface area (Å²) in [4.78, 5) is 1.58. The van der Waals surface area contributed by atoms with Crippen LogP contribution in [-0.4, -0.2) is 6.04 Å². The molecular formula is C11H17NS. The lowest BCUT2D eigenvalue weighted by molar-refractivity contribution is 0.518. The van der Waals surface area contributed by atoms with Crippen molar-refractivity contribution in [3.05, 3.63) is 21.9 Å². The number of hydrogen-bond acceptors (Lipinski definition) is 2. The molecule has 2 rings (SSSR count). The third kappa shape index (κ3) is 1.79. The summed E-state index contributed by atoms with van der Waals surface area (Å²) in [5.74, 6) is 0.615. The Kier molecular flexibility index (Phi) is 2.70. The van der Waals surface area contributed by atoms with Crippen molar-refractivity contribution in [2.24, 2.45) is 5.73 Å². The lowest BCUT2D eigenvalue weighted by atomic mass is 9.91. The van der Waals surface area contributed by atoms with Gasteiger partial charge in [0.05, 0.1) is 0 Å². The van der Waals surface area contributed by atoms with Crippen LogP contribution >= 0.6 is 11.3 Å². The van der Waals surface area contributed by atoms with Crippen LogP contribution in [0.1, 0.15) is 42.5 Å². The van der Waals surface area contributed by atoms with Crippen molar-refractivity contribution in [1.82, 2.24) is 0 Å². The zero-order valence-electron chi connectivity index (χ0n) is 8.12. The summed E-state index contributed by atoms with van der Waals surface area (Å²) >= 11 is 1.90. The monoisotopic (exact) mass is 195 g/mol. The average molecular weight is 195 g/mol. The molecule has 1 heterocycles. The maximum absolute atomic E-state index is 6.02. The van der Waals surface area contributed by atoms with Gasteiger partial charge < -0.3 is 5.73 Å². The average Bonchev–Trinajstić information content (AvgIpc) is 2.44. The first-order chi connectivity index (χ1) is 6.29. The summed E-state index contributed by atoms with van der Waals surface area (Å²) in [5.41, 5.74) is 7.55. The van der Waals surface area contributed by atoms with Crippen LogP contribution in [0, 0.1) is 0 Å². The van der Waals surface area contributed by atoms with Crippen LogP contribution < -0.4 is 5.73 Å². The normalized spacial score (nSPS) is 24.9. The minimum absolute atomic E-state index is 0.312. The maximum Gasteiger partial charge on any atom is 0.00806 e. The van der Waals surface area contributed by atoms with E-state index in [-0.39, 0.29) is 0 Å². The van der Waals surface area contributed by atoms with Gasteiger partial charge in [0.25, 0.3) is 0 Å². The molecule has 0 spiro atoms. The first-order valence-electron chi connectivity index (χ1n) is 5.11. The molecule has 0 unspecified atom stereocenters. The summed E-state index contributed by atoms with van der Waals surface area (Å²) in [6.45, 7) is 2.14. The molecule has 2 atom stereocenters. The number of nitrogens with two attached hydrogens (primary N) is 1. The summed E-state index contributed by atoms with van der Waals surface area (Å²) in [5, 5.41) is 2.21. The molecule has 1 aliphatic rings. The Balaban J connectivity index is 2.30. The molecule has 0 amide bonds. The summed E-state index contributed by atoms with van der Waals surface area (Å²) in [6, 6.07) is 2.59. The molecule has 1 aromatic heterocycles. The van der Waals surface area contributed by atoms with Crippen LogP contribution in [0.25, 0.3) is 0 Å². The van der Waals surface area contributed by atoms with Gasteiger partial charge in [0.15, 0.2) is 0 Å². The van der Waals surface area contributed by atoms with Gasteiger partial charge in [-0.05, 0) is 49.1 Å². The summed E-state index contributed by atoms with van der Waals surface area (Å²) < 4.78 is 0. The van der Waals surface area contributed by atoms with Crippen LogP contribution in [0.3, 0.4) is 0 Å². The number of hydrogen-bond donors (Lipinski definition) is 1. The van der Waals surface area contributed by atoms with E-state index in [0.29, 0.717) is 12.0 Å². The van der Waals surface area contributed by atoms with Crippen molar-refractivity contribution >= 4 is 11.3 Å². The van der Waals surface area contributed by atoms with Crippen molar-refractivity contribution < 1.29 is 0 Å². The van der Waals surface area contributed by atoms with Crippen molar-refractivity contribution in [1.29, 1.82) is 0 Å². The number of aryl methyl sites for hydroxylation is 1. The van der Waals surface area contributed by atoms with Crippen molar-refractivity contribution in [2.45, 2.75) is 44.6 Å². The molecule has 0 aliphatic heterocycles. The fraction of sp³-hybridized carbons (Fsp3) is 0.636. The zero-order valence-corrected chi connectivity index (χ0v) is 8.94. The second kappa shape index (κ2) is 3.81. The summed E-state index contributed by atoms with van der Waals surface area (Å²) in [6.07, 6.45) is 5.24. The number of fused-ring (bicyclic) bond motifs is 1. The van der Waals surface area contributed by atoms with Crippen LogP contribution in [0.5, 0.6) is 0 Å². The van der Waals surface area contributed by atoms with Crippen molar-refractivity contribution in [3.8, 4) is 0 Å². The molecule has 13 heavy (non-hydrogen) atoms. The molecule has 0 radical (unpaired) electrons. The minimum Gasteiger partial charge on any atom is -0.327 e. The second-order valence-corrected chi connectivity index (χ2v) is 5.01. The van der Waals surface area contributed by atoms with Gasteiger partial charge in [-0.25, -0.2) is 0 Å². The molecule has 0 fully saturated rings. The Labute approximate surface area is 84.0 Å². The minimum atomic E-state index is 0.312. The summed E-state index contributed by atoms with van der Waals surface area (Å²) in [7, 11) is 0. The van der Waals surface area contributed by atoms with Crippen molar-refractivity contribution in [3.63, 3.8) is 0 Å². The molecule has 0 saturated carbocycles. The molecule has 0 aromatic carbocycles. The Morgan fingerprint density at radius 3 is 3.15 bits per heavy atom. The van der Waals surface area contributed by atoms with Gasteiger partial charge in [-0.2, -0.15) is 0 Å². The highest BCUT2D eigenvalue weighted by Gasteiger charge is 2.22. The third-order valence-electron chi connectivity index (χ3n) is 2.98. The van der Waals surface area contributed by atoms with Gasteiger partial charge in [-0.1, -0.05) is 6.42 Å². The molecule has 2 N–H and O–H groups in total.